The molecule has 0 saturated carbocycles. The topological polar surface area (TPSA) is 61.8 Å². The molecule has 2 N–H and O–H groups in total. The van der Waals surface area contributed by atoms with E-state index in [0.29, 0.717) is 17.2 Å². The van der Waals surface area contributed by atoms with Crippen molar-refractivity contribution in [3.05, 3.63) is 42.7 Å². The zero-order valence-corrected chi connectivity index (χ0v) is 11.3. The average molecular weight is 269 g/mol. The van der Waals surface area contributed by atoms with Gasteiger partial charge in [0, 0.05) is 17.4 Å². The summed E-state index contributed by atoms with van der Waals surface area (Å²) in [5, 5.41) is 0. The van der Waals surface area contributed by atoms with Gasteiger partial charge in [-0.15, -0.1) is 0 Å². The number of aromatic nitrogens is 2. The highest BCUT2D eigenvalue weighted by Gasteiger charge is 2.10. The van der Waals surface area contributed by atoms with E-state index in [1.165, 1.54) is 0 Å². The predicted molar refractivity (Wildman–Crippen MR) is 78.1 cm³/mol. The van der Waals surface area contributed by atoms with E-state index >= 15 is 0 Å². The fourth-order valence-electron chi connectivity index (χ4n) is 2.20. The Morgan fingerprint density at radius 2 is 1.85 bits per heavy atom. The number of nitrogens with two attached hydrogens (primary N) is 1. The van der Waals surface area contributed by atoms with E-state index in [0.717, 1.165) is 16.9 Å². The van der Waals surface area contributed by atoms with Gasteiger partial charge in [-0.05, 0) is 30.3 Å². The number of methoxy groups -OCH3 is 2. The lowest BCUT2D eigenvalue weighted by atomic mass is 10.2. The van der Waals surface area contributed by atoms with Gasteiger partial charge < -0.3 is 15.2 Å². The van der Waals surface area contributed by atoms with Crippen LogP contribution in [0.15, 0.2) is 42.7 Å². The van der Waals surface area contributed by atoms with E-state index in [1.807, 2.05) is 47.1 Å². The Hall–Kier alpha value is -2.69. The van der Waals surface area contributed by atoms with Crippen molar-refractivity contribution in [3.63, 3.8) is 0 Å². The van der Waals surface area contributed by atoms with E-state index in [1.54, 1.807) is 14.2 Å². The zero-order valence-electron chi connectivity index (χ0n) is 11.3. The molecule has 5 heteroatoms. The number of nitrogen functional groups attached to an aromatic ring is 1. The van der Waals surface area contributed by atoms with Gasteiger partial charge in [-0.1, -0.05) is 0 Å². The molecule has 102 valence electrons. The van der Waals surface area contributed by atoms with Gasteiger partial charge in [0.2, 0.25) is 0 Å². The Morgan fingerprint density at radius 3 is 2.60 bits per heavy atom. The first-order chi connectivity index (χ1) is 9.72. The molecule has 0 aliphatic carbocycles. The van der Waals surface area contributed by atoms with Crippen LogP contribution >= 0.6 is 0 Å². The van der Waals surface area contributed by atoms with Crippen LogP contribution in [-0.4, -0.2) is 23.6 Å². The second-order valence-electron chi connectivity index (χ2n) is 4.41. The normalized spacial score (nSPS) is 10.7. The molecule has 3 rings (SSSR count). The maximum Gasteiger partial charge on any atom is 0.161 e. The maximum atomic E-state index is 5.84. The first-order valence-corrected chi connectivity index (χ1v) is 6.18. The summed E-state index contributed by atoms with van der Waals surface area (Å²) in [4.78, 5) is 4.45. The Kier molecular flexibility index (Phi) is 2.95. The molecule has 20 heavy (non-hydrogen) atoms. The van der Waals surface area contributed by atoms with E-state index in [-0.39, 0.29) is 0 Å². The highest BCUT2D eigenvalue weighted by atomic mass is 16.5. The van der Waals surface area contributed by atoms with Crippen LogP contribution < -0.4 is 15.2 Å². The molecule has 0 bridgehead atoms. The highest BCUT2D eigenvalue weighted by molar-refractivity contribution is 5.66. The van der Waals surface area contributed by atoms with Crippen molar-refractivity contribution in [2.24, 2.45) is 0 Å². The third-order valence-electron chi connectivity index (χ3n) is 3.19. The first kappa shape index (κ1) is 12.3. The minimum absolute atomic E-state index is 0.672. The van der Waals surface area contributed by atoms with Crippen LogP contribution in [0.2, 0.25) is 0 Å². The number of rotatable bonds is 3. The molecule has 0 unspecified atom stereocenters. The molecule has 0 atom stereocenters. The van der Waals surface area contributed by atoms with Crippen LogP contribution in [0.1, 0.15) is 0 Å². The van der Waals surface area contributed by atoms with Gasteiger partial charge in [-0.25, -0.2) is 4.98 Å². The lowest BCUT2D eigenvalue weighted by Gasteiger charge is -2.09. The van der Waals surface area contributed by atoms with Gasteiger partial charge in [0.25, 0.3) is 0 Å². The van der Waals surface area contributed by atoms with Crippen LogP contribution in [-0.2, 0) is 0 Å². The molecule has 5 nitrogen and oxygen atoms in total. The number of nitrogens with zero attached hydrogens (tertiary/aromatic N) is 2. The lowest BCUT2D eigenvalue weighted by molar-refractivity contribution is 0.355. The van der Waals surface area contributed by atoms with Gasteiger partial charge in [0.1, 0.15) is 5.82 Å². The maximum absolute atomic E-state index is 5.84. The Balaban J connectivity index is 2.18. The van der Waals surface area contributed by atoms with Gasteiger partial charge in [0.05, 0.1) is 25.9 Å². The molecule has 2 heterocycles. The number of ether oxygens (including phenoxy) is 2. The molecule has 2 aromatic heterocycles. The summed E-state index contributed by atoms with van der Waals surface area (Å²) in [5.41, 5.74) is 8.46. The van der Waals surface area contributed by atoms with Crippen molar-refractivity contribution in [1.82, 2.24) is 9.38 Å². The molecule has 0 aliphatic heterocycles. The number of anilines is 1. The Morgan fingerprint density at radius 1 is 1.05 bits per heavy atom. The van der Waals surface area contributed by atoms with Gasteiger partial charge in [-0.2, -0.15) is 0 Å². The highest BCUT2D eigenvalue weighted by Crippen LogP contribution is 2.32. The Labute approximate surface area is 116 Å². The summed E-state index contributed by atoms with van der Waals surface area (Å²) in [6.45, 7) is 0. The van der Waals surface area contributed by atoms with E-state index in [4.69, 9.17) is 15.2 Å². The zero-order chi connectivity index (χ0) is 14.1. The molecule has 0 fully saturated rings. The fourth-order valence-corrected chi connectivity index (χ4v) is 2.20. The molecule has 0 radical (unpaired) electrons. The minimum Gasteiger partial charge on any atom is -0.493 e. The van der Waals surface area contributed by atoms with Crippen molar-refractivity contribution < 1.29 is 9.47 Å². The molecule has 0 saturated heterocycles. The predicted octanol–water partition coefficient (Wildman–Crippen LogP) is 2.60. The van der Waals surface area contributed by atoms with Crippen molar-refractivity contribution in [2.75, 3.05) is 20.0 Å². The summed E-state index contributed by atoms with van der Waals surface area (Å²) in [7, 11) is 3.23. The van der Waals surface area contributed by atoms with Crippen molar-refractivity contribution in [2.45, 2.75) is 0 Å². The first-order valence-electron chi connectivity index (χ1n) is 6.18. The lowest BCUT2D eigenvalue weighted by Crippen LogP contribution is -1.95. The number of fused-ring (bicyclic) bond motifs is 1. The van der Waals surface area contributed by atoms with Crippen LogP contribution in [0.5, 0.6) is 11.5 Å². The SMILES string of the molecule is COc1ccc(-c2ncc3ccc(N)cn23)cc1OC. The van der Waals surface area contributed by atoms with Gasteiger partial charge >= 0.3 is 0 Å². The number of hydrogen-bond acceptors (Lipinski definition) is 4. The van der Waals surface area contributed by atoms with Gasteiger partial charge in [0.15, 0.2) is 11.5 Å². The Bertz CT molecular complexity index is 765. The molecule has 0 spiro atoms. The van der Waals surface area contributed by atoms with Crippen molar-refractivity contribution in [3.8, 4) is 22.9 Å². The third kappa shape index (κ3) is 1.93. The monoisotopic (exact) mass is 269 g/mol. The second-order valence-corrected chi connectivity index (χ2v) is 4.41. The minimum atomic E-state index is 0.672. The van der Waals surface area contributed by atoms with E-state index in [9.17, 15) is 0 Å². The van der Waals surface area contributed by atoms with Crippen LogP contribution in [0.3, 0.4) is 0 Å². The van der Waals surface area contributed by atoms with Gasteiger partial charge in [-0.3, -0.25) is 4.40 Å². The fraction of sp³-hybridized carbons (Fsp3) is 0.133. The molecule has 0 aliphatic rings. The van der Waals surface area contributed by atoms with Crippen molar-refractivity contribution >= 4 is 11.2 Å². The van der Waals surface area contributed by atoms with E-state index in [2.05, 4.69) is 4.98 Å². The third-order valence-corrected chi connectivity index (χ3v) is 3.19. The van der Waals surface area contributed by atoms with Crippen LogP contribution in [0, 0.1) is 0 Å². The second kappa shape index (κ2) is 4.77. The molecule has 0 amide bonds. The van der Waals surface area contributed by atoms with Crippen LogP contribution in [0.25, 0.3) is 16.9 Å². The standard InChI is InChI=1S/C15H15N3O2/c1-19-13-6-3-10(7-14(13)20-2)15-17-8-12-5-4-11(16)9-18(12)15/h3-9H,16H2,1-2H3. The van der Waals surface area contributed by atoms with Crippen LogP contribution in [0.4, 0.5) is 5.69 Å². The summed E-state index contributed by atoms with van der Waals surface area (Å²) in [5.74, 6) is 2.18. The molecular weight excluding hydrogens is 254 g/mol. The number of hydrogen-bond donors (Lipinski definition) is 1. The number of benzene rings is 1. The number of pyridine rings is 1. The summed E-state index contributed by atoms with van der Waals surface area (Å²) >= 11 is 0. The number of imidazole rings is 1. The van der Waals surface area contributed by atoms with Crippen molar-refractivity contribution in [1.29, 1.82) is 0 Å². The quantitative estimate of drug-likeness (QED) is 0.794. The summed E-state index contributed by atoms with van der Waals surface area (Å²) in [6.07, 6.45) is 3.67. The molecular formula is C15H15N3O2. The molecule has 1 aromatic carbocycles. The average Bonchev–Trinajstić information content (AvgIpc) is 2.89. The van der Waals surface area contributed by atoms with E-state index < -0.39 is 0 Å². The largest absolute Gasteiger partial charge is 0.493 e. The summed E-state index contributed by atoms with van der Waals surface area (Å²) < 4.78 is 12.5. The summed E-state index contributed by atoms with van der Waals surface area (Å²) in [6, 6.07) is 9.50. The molecule has 3 aromatic rings. The smallest absolute Gasteiger partial charge is 0.161 e.